The summed E-state index contributed by atoms with van der Waals surface area (Å²) in [5.41, 5.74) is 1.28. The number of hydrogen-bond donors (Lipinski definition) is 1. The van der Waals surface area contributed by atoms with Gasteiger partial charge in [0, 0.05) is 25.4 Å². The molecule has 0 fully saturated rings. The van der Waals surface area contributed by atoms with Crippen molar-refractivity contribution in [2.75, 3.05) is 19.3 Å². The highest BCUT2D eigenvalue weighted by molar-refractivity contribution is 7.80. The summed E-state index contributed by atoms with van der Waals surface area (Å²) in [6.07, 6.45) is 6.41. The van der Waals surface area contributed by atoms with E-state index in [1.54, 1.807) is 0 Å². The second kappa shape index (κ2) is 6.09. The summed E-state index contributed by atoms with van der Waals surface area (Å²) in [5, 5.41) is 4.14. The molecule has 0 saturated carbocycles. The van der Waals surface area contributed by atoms with Crippen molar-refractivity contribution in [2.45, 2.75) is 19.4 Å². The molecule has 0 aliphatic carbocycles. The fourth-order valence-corrected chi connectivity index (χ4v) is 1.66. The summed E-state index contributed by atoms with van der Waals surface area (Å²) in [6.45, 7) is 2.12. The van der Waals surface area contributed by atoms with Crippen LogP contribution >= 0.6 is 12.6 Å². The van der Waals surface area contributed by atoms with Gasteiger partial charge < -0.3 is 4.90 Å². The third-order valence-electron chi connectivity index (χ3n) is 2.16. The van der Waals surface area contributed by atoms with Crippen LogP contribution in [0.3, 0.4) is 0 Å². The quantitative estimate of drug-likeness (QED) is 0.572. The number of rotatable bonds is 6. The van der Waals surface area contributed by atoms with E-state index in [9.17, 15) is 0 Å². The lowest BCUT2D eigenvalue weighted by Crippen LogP contribution is -2.18. The van der Waals surface area contributed by atoms with Gasteiger partial charge in [0.05, 0.1) is 6.20 Å². The van der Waals surface area contributed by atoms with E-state index in [1.165, 1.54) is 18.4 Å². The van der Waals surface area contributed by atoms with Gasteiger partial charge in [0.1, 0.15) is 0 Å². The van der Waals surface area contributed by atoms with Crippen molar-refractivity contribution < 1.29 is 0 Å². The molecule has 14 heavy (non-hydrogen) atoms. The molecule has 0 atom stereocenters. The van der Waals surface area contributed by atoms with Crippen molar-refractivity contribution >= 4 is 12.6 Å². The minimum atomic E-state index is 0.987. The van der Waals surface area contributed by atoms with Crippen LogP contribution < -0.4 is 0 Å². The lowest BCUT2D eigenvalue weighted by molar-refractivity contribution is 0.321. The van der Waals surface area contributed by atoms with Gasteiger partial charge in [-0.25, -0.2) is 0 Å². The maximum atomic E-state index is 4.19. The molecule has 0 aliphatic heterocycles. The monoisotopic (exact) mass is 213 g/mol. The Bertz CT molecular complexity index is 260. The van der Waals surface area contributed by atoms with Crippen molar-refractivity contribution in [3.8, 4) is 0 Å². The van der Waals surface area contributed by atoms with Gasteiger partial charge in [0.2, 0.25) is 0 Å². The normalized spacial score (nSPS) is 11.1. The van der Waals surface area contributed by atoms with Gasteiger partial charge >= 0.3 is 0 Å². The molecular weight excluding hydrogens is 194 g/mol. The molecule has 4 heteroatoms. The summed E-state index contributed by atoms with van der Waals surface area (Å²) in [6, 6.07) is 0. The Balaban J connectivity index is 2.23. The fraction of sp³-hybridized carbons (Fsp3) is 0.700. The number of hydrogen-bond acceptors (Lipinski definition) is 3. The molecule has 1 rings (SSSR count). The van der Waals surface area contributed by atoms with Gasteiger partial charge in [-0.05, 0) is 32.2 Å². The Hall–Kier alpha value is -0.480. The van der Waals surface area contributed by atoms with Crippen molar-refractivity contribution in [2.24, 2.45) is 7.05 Å². The number of aryl methyl sites for hydroxylation is 1. The fourth-order valence-electron chi connectivity index (χ4n) is 1.44. The van der Waals surface area contributed by atoms with Crippen LogP contribution in [-0.2, 0) is 13.6 Å². The largest absolute Gasteiger partial charge is 0.302 e. The summed E-state index contributed by atoms with van der Waals surface area (Å²) in [7, 11) is 4.09. The van der Waals surface area contributed by atoms with Crippen molar-refractivity contribution in [1.29, 1.82) is 0 Å². The first-order valence-electron chi connectivity index (χ1n) is 4.99. The number of unbranched alkanes of at least 4 members (excludes halogenated alkanes) is 1. The van der Waals surface area contributed by atoms with Crippen molar-refractivity contribution in [3.05, 3.63) is 18.0 Å². The summed E-state index contributed by atoms with van der Waals surface area (Å²) >= 11 is 4.19. The molecule has 0 unspecified atom stereocenters. The van der Waals surface area contributed by atoms with Crippen LogP contribution in [0.1, 0.15) is 18.4 Å². The van der Waals surface area contributed by atoms with Gasteiger partial charge in [-0.15, -0.1) is 0 Å². The SMILES string of the molecule is CN(CCCCS)Cc1cnn(C)c1. The van der Waals surface area contributed by atoms with Crippen LogP contribution in [0, 0.1) is 0 Å². The zero-order valence-electron chi connectivity index (χ0n) is 8.98. The highest BCUT2D eigenvalue weighted by Gasteiger charge is 2.01. The van der Waals surface area contributed by atoms with E-state index in [0.717, 1.165) is 18.8 Å². The van der Waals surface area contributed by atoms with Gasteiger partial charge in [-0.3, -0.25) is 4.68 Å². The first kappa shape index (κ1) is 11.6. The molecule has 80 valence electrons. The van der Waals surface area contributed by atoms with Crippen LogP contribution in [0.4, 0.5) is 0 Å². The molecular formula is C10H19N3S. The second-order valence-corrected chi connectivity index (χ2v) is 4.14. The average molecular weight is 213 g/mol. The van der Waals surface area contributed by atoms with E-state index in [4.69, 9.17) is 0 Å². The molecule has 0 aromatic carbocycles. The predicted molar refractivity (Wildman–Crippen MR) is 62.6 cm³/mol. The lowest BCUT2D eigenvalue weighted by Gasteiger charge is -2.14. The maximum Gasteiger partial charge on any atom is 0.0534 e. The van der Waals surface area contributed by atoms with Gasteiger partial charge in [-0.1, -0.05) is 0 Å². The first-order chi connectivity index (χ1) is 6.72. The average Bonchev–Trinajstić information content (AvgIpc) is 2.52. The standard InChI is InChI=1S/C10H19N3S/c1-12(5-3-4-6-14)8-10-7-11-13(2)9-10/h7,9,14H,3-6,8H2,1-2H3. The Kier molecular flexibility index (Phi) is 5.04. The Labute approximate surface area is 91.5 Å². The minimum absolute atomic E-state index is 0.987. The molecule has 0 N–H and O–H groups in total. The number of aromatic nitrogens is 2. The molecule has 1 aromatic heterocycles. The predicted octanol–water partition coefficient (Wildman–Crippen LogP) is 1.56. The summed E-state index contributed by atoms with van der Waals surface area (Å²) < 4.78 is 1.84. The minimum Gasteiger partial charge on any atom is -0.302 e. The molecule has 0 saturated heterocycles. The lowest BCUT2D eigenvalue weighted by atomic mass is 10.3. The summed E-state index contributed by atoms with van der Waals surface area (Å²) in [4.78, 5) is 2.32. The van der Waals surface area contributed by atoms with E-state index in [1.807, 2.05) is 17.9 Å². The van der Waals surface area contributed by atoms with Gasteiger partial charge in [-0.2, -0.15) is 17.7 Å². The van der Waals surface area contributed by atoms with Gasteiger partial charge in [0.25, 0.3) is 0 Å². The highest BCUT2D eigenvalue weighted by Crippen LogP contribution is 2.02. The van der Waals surface area contributed by atoms with E-state index in [2.05, 4.69) is 35.9 Å². The molecule has 1 heterocycles. The van der Waals surface area contributed by atoms with Crippen molar-refractivity contribution in [1.82, 2.24) is 14.7 Å². The molecule has 0 radical (unpaired) electrons. The van der Waals surface area contributed by atoms with E-state index in [0.29, 0.717) is 0 Å². The van der Waals surface area contributed by atoms with Crippen LogP contribution in [0.15, 0.2) is 12.4 Å². The van der Waals surface area contributed by atoms with Crippen LogP contribution in [-0.4, -0.2) is 34.0 Å². The molecule has 0 aliphatic rings. The number of thiol groups is 1. The topological polar surface area (TPSA) is 21.1 Å². The Morgan fingerprint density at radius 3 is 2.86 bits per heavy atom. The van der Waals surface area contributed by atoms with Crippen LogP contribution in [0.2, 0.25) is 0 Å². The molecule has 0 spiro atoms. The molecule has 1 aromatic rings. The van der Waals surface area contributed by atoms with Crippen LogP contribution in [0.5, 0.6) is 0 Å². The van der Waals surface area contributed by atoms with Gasteiger partial charge in [0.15, 0.2) is 0 Å². The highest BCUT2D eigenvalue weighted by atomic mass is 32.1. The Morgan fingerprint density at radius 2 is 2.29 bits per heavy atom. The Morgan fingerprint density at radius 1 is 1.50 bits per heavy atom. The molecule has 0 amide bonds. The molecule has 0 bridgehead atoms. The number of nitrogens with zero attached hydrogens (tertiary/aromatic N) is 3. The summed E-state index contributed by atoms with van der Waals surface area (Å²) in [5.74, 6) is 0.987. The van der Waals surface area contributed by atoms with Crippen LogP contribution in [0.25, 0.3) is 0 Å². The zero-order valence-corrected chi connectivity index (χ0v) is 9.87. The van der Waals surface area contributed by atoms with E-state index < -0.39 is 0 Å². The third kappa shape index (κ3) is 4.15. The van der Waals surface area contributed by atoms with E-state index >= 15 is 0 Å². The molecule has 3 nitrogen and oxygen atoms in total. The van der Waals surface area contributed by atoms with E-state index in [-0.39, 0.29) is 0 Å². The first-order valence-corrected chi connectivity index (χ1v) is 5.62. The third-order valence-corrected chi connectivity index (χ3v) is 2.48. The van der Waals surface area contributed by atoms with Crippen molar-refractivity contribution in [3.63, 3.8) is 0 Å². The zero-order chi connectivity index (χ0) is 10.4. The smallest absolute Gasteiger partial charge is 0.0534 e. The second-order valence-electron chi connectivity index (χ2n) is 3.69. The maximum absolute atomic E-state index is 4.19.